The predicted molar refractivity (Wildman–Crippen MR) is 318 cm³/mol. The molecule has 8 nitrogen and oxygen atoms in total. The largest absolute Gasteiger partial charge is 0.491 e. The lowest BCUT2D eigenvalue weighted by Gasteiger charge is -2.19. The lowest BCUT2D eigenvalue weighted by atomic mass is 9.91. The molecule has 0 aliphatic heterocycles. The third kappa shape index (κ3) is 12.4. The number of hydrogen-bond acceptors (Lipinski definition) is 10. The van der Waals surface area contributed by atoms with Crippen molar-refractivity contribution in [3.05, 3.63) is 68.2 Å². The summed E-state index contributed by atoms with van der Waals surface area (Å²) in [6, 6.07) is 12.7. The normalized spacial score (nSPS) is 13.7. The van der Waals surface area contributed by atoms with E-state index >= 15 is 0 Å². The summed E-state index contributed by atoms with van der Waals surface area (Å²) in [5.41, 5.74) is 18.1. The molecule has 392 valence electrons. The Morgan fingerprint density at radius 1 is 0.500 bits per heavy atom. The van der Waals surface area contributed by atoms with Crippen LogP contribution in [0.1, 0.15) is 169 Å². The molecule has 0 aliphatic rings. The number of aromatic nitrogens is 2. The van der Waals surface area contributed by atoms with Crippen molar-refractivity contribution in [1.82, 2.24) is 9.13 Å². The van der Waals surface area contributed by atoms with Gasteiger partial charge in [0.2, 0.25) is 0 Å². The summed E-state index contributed by atoms with van der Waals surface area (Å²) in [6.45, 7) is 19.4. The number of aryl methyl sites for hydroxylation is 2. The standard InChI is InChI=1S/C60H84N4O4S4/c1-11-19-23-37(15-5)27-41-29-49(43-31-47-48(63(9)59(43)65)32-44(60(66)64(47)10)50-30-42(58(62)71-50)28-38(16-6)24-20-12-2)69-55(41)51-33-45-53(67-35-39(17-7)25-21-13-3)57-46(34-52(61)72-57)54(56(45)70-51)68-36-40(18-8)26-22-14-4/h29-34,37-40H,11-28,35-36,61-62H2,1-10H3. The highest BCUT2D eigenvalue weighted by Crippen LogP contribution is 2.54. The highest BCUT2D eigenvalue weighted by molar-refractivity contribution is 7.28. The average molecular weight is 1050 g/mol. The average Bonchev–Trinajstić information content (AvgIpc) is 4.19. The van der Waals surface area contributed by atoms with Crippen LogP contribution in [0.5, 0.6) is 11.5 Å². The second-order valence-corrected chi connectivity index (χ2v) is 25.0. The van der Waals surface area contributed by atoms with Gasteiger partial charge in [-0.15, -0.1) is 45.3 Å². The third-order valence-electron chi connectivity index (χ3n) is 15.5. The van der Waals surface area contributed by atoms with E-state index in [0.29, 0.717) is 48.0 Å². The van der Waals surface area contributed by atoms with Crippen molar-refractivity contribution in [1.29, 1.82) is 0 Å². The Labute approximate surface area is 446 Å². The molecular formula is C60H84N4O4S4. The van der Waals surface area contributed by atoms with Gasteiger partial charge in [0.05, 0.1) is 54.8 Å². The first-order valence-corrected chi connectivity index (χ1v) is 30.9. The molecule has 0 saturated carbocycles. The number of ether oxygens (including phenoxy) is 2. The van der Waals surface area contributed by atoms with Gasteiger partial charge in [-0.25, -0.2) is 0 Å². The maximum Gasteiger partial charge on any atom is 0.259 e. The fraction of sp³-hybridized carbons (Fsp3) is 0.567. The number of unbranched alkanes of at least 4 members (excludes halogenated alkanes) is 4. The molecule has 1 aromatic carbocycles. The van der Waals surface area contributed by atoms with Crippen LogP contribution in [-0.4, -0.2) is 22.3 Å². The number of benzene rings is 1. The van der Waals surface area contributed by atoms with Crippen LogP contribution < -0.4 is 32.1 Å². The first kappa shape index (κ1) is 55.6. The highest BCUT2D eigenvalue weighted by atomic mass is 32.1. The molecule has 4 unspecified atom stereocenters. The predicted octanol–water partition coefficient (Wildman–Crippen LogP) is 17.7. The number of rotatable bonds is 29. The lowest BCUT2D eigenvalue weighted by molar-refractivity contribution is 0.235. The van der Waals surface area contributed by atoms with E-state index in [1.807, 2.05) is 26.2 Å². The molecule has 4 atom stereocenters. The fourth-order valence-electron chi connectivity index (χ4n) is 10.5. The monoisotopic (exact) mass is 1050 g/mol. The first-order chi connectivity index (χ1) is 34.8. The molecule has 72 heavy (non-hydrogen) atoms. The van der Waals surface area contributed by atoms with Crippen LogP contribution in [0.15, 0.2) is 46.0 Å². The molecule has 6 aromatic heterocycles. The number of thiophene rings is 4. The van der Waals surface area contributed by atoms with Crippen LogP contribution in [0, 0.1) is 23.7 Å². The lowest BCUT2D eigenvalue weighted by Crippen LogP contribution is -2.24. The Kier molecular flexibility index (Phi) is 20.0. The zero-order valence-corrected chi connectivity index (χ0v) is 48.5. The summed E-state index contributed by atoms with van der Waals surface area (Å²) >= 11 is 6.54. The summed E-state index contributed by atoms with van der Waals surface area (Å²) in [6.07, 6.45) is 20.2. The van der Waals surface area contributed by atoms with Crippen molar-refractivity contribution in [3.63, 3.8) is 0 Å². The Morgan fingerprint density at radius 3 is 1.42 bits per heavy atom. The number of hydrogen-bond donors (Lipinski definition) is 2. The summed E-state index contributed by atoms with van der Waals surface area (Å²) in [4.78, 5) is 33.3. The van der Waals surface area contributed by atoms with E-state index in [-0.39, 0.29) is 11.1 Å². The Morgan fingerprint density at radius 2 is 0.931 bits per heavy atom. The number of nitrogen functional groups attached to an aromatic ring is 2. The molecule has 0 saturated heterocycles. The van der Waals surface area contributed by atoms with Gasteiger partial charge in [-0.3, -0.25) is 9.59 Å². The third-order valence-corrected chi connectivity index (χ3v) is 20.1. The zero-order valence-electron chi connectivity index (χ0n) is 45.2. The van der Waals surface area contributed by atoms with Crippen LogP contribution in [0.3, 0.4) is 0 Å². The molecule has 12 heteroatoms. The van der Waals surface area contributed by atoms with Gasteiger partial charge in [-0.2, -0.15) is 0 Å². The van der Waals surface area contributed by atoms with E-state index in [2.05, 4.69) is 79.7 Å². The molecule has 0 spiro atoms. The molecule has 0 bridgehead atoms. The Hall–Kier alpha value is -4.10. The second-order valence-electron chi connectivity index (χ2n) is 20.7. The summed E-state index contributed by atoms with van der Waals surface area (Å²) in [5, 5.41) is 3.62. The molecule has 7 aromatic rings. The van der Waals surface area contributed by atoms with Gasteiger partial charge in [0.1, 0.15) is 11.5 Å². The molecule has 4 N–H and O–H groups in total. The second kappa shape index (κ2) is 25.9. The van der Waals surface area contributed by atoms with Gasteiger partial charge in [-0.1, -0.05) is 145 Å². The van der Waals surface area contributed by atoms with Crippen LogP contribution >= 0.6 is 45.3 Å². The van der Waals surface area contributed by atoms with Gasteiger partial charge < -0.3 is 30.1 Å². The topological polar surface area (TPSA) is 114 Å². The van der Waals surface area contributed by atoms with Crippen LogP contribution in [0.2, 0.25) is 0 Å². The molecule has 0 aliphatic carbocycles. The number of nitrogens with zero attached hydrogens (tertiary/aromatic N) is 2. The van der Waals surface area contributed by atoms with E-state index < -0.39 is 0 Å². The molecule has 0 radical (unpaired) electrons. The Balaban J connectivity index is 1.38. The van der Waals surface area contributed by atoms with Crippen LogP contribution in [-0.2, 0) is 26.9 Å². The summed E-state index contributed by atoms with van der Waals surface area (Å²) in [7, 11) is 3.67. The number of pyridine rings is 2. The maximum atomic E-state index is 14.8. The van der Waals surface area contributed by atoms with Gasteiger partial charge in [0.25, 0.3) is 11.1 Å². The van der Waals surface area contributed by atoms with Crippen molar-refractivity contribution in [2.45, 2.75) is 171 Å². The zero-order chi connectivity index (χ0) is 51.6. The molecule has 6 heterocycles. The van der Waals surface area contributed by atoms with Crippen molar-refractivity contribution < 1.29 is 9.47 Å². The fourth-order valence-corrected chi connectivity index (χ4v) is 14.9. The molecular weight excluding hydrogens is 969 g/mol. The van der Waals surface area contributed by atoms with Crippen molar-refractivity contribution in [2.75, 3.05) is 24.7 Å². The van der Waals surface area contributed by atoms with Crippen molar-refractivity contribution in [2.24, 2.45) is 37.8 Å². The van der Waals surface area contributed by atoms with Crippen molar-refractivity contribution >= 4 is 86.6 Å². The smallest absolute Gasteiger partial charge is 0.259 e. The minimum atomic E-state index is -0.0959. The van der Waals surface area contributed by atoms with E-state index in [9.17, 15) is 9.59 Å². The van der Waals surface area contributed by atoms with E-state index in [0.717, 1.165) is 137 Å². The van der Waals surface area contributed by atoms with Gasteiger partial charge in [0, 0.05) is 44.4 Å². The number of fused-ring (bicyclic) bond motifs is 3. The van der Waals surface area contributed by atoms with E-state index in [1.54, 1.807) is 43.1 Å². The van der Waals surface area contributed by atoms with Gasteiger partial charge >= 0.3 is 0 Å². The number of anilines is 2. The molecule has 0 amide bonds. The van der Waals surface area contributed by atoms with Crippen LogP contribution in [0.4, 0.5) is 10.0 Å². The Bertz CT molecular complexity index is 2950. The van der Waals surface area contributed by atoms with Crippen molar-refractivity contribution in [3.8, 4) is 42.1 Å². The van der Waals surface area contributed by atoms with Crippen LogP contribution in [0.25, 0.3) is 61.8 Å². The summed E-state index contributed by atoms with van der Waals surface area (Å²) in [5.74, 6) is 3.79. The maximum absolute atomic E-state index is 14.8. The first-order valence-electron chi connectivity index (χ1n) is 27.6. The van der Waals surface area contributed by atoms with Gasteiger partial charge in [0.15, 0.2) is 0 Å². The molecule has 0 fully saturated rings. The minimum absolute atomic E-state index is 0.0831. The SMILES string of the molecule is CCCCC(CC)COc1c2cc(-c3sc(-c4cc5c(cc(-c6cc(CC(CC)CCCC)c(N)s6)c(=O)n5C)n(C)c4=O)cc3CC(CC)CCCC)sc2c(OCC(CC)CCCC)c2cc(N)sc12. The highest BCUT2D eigenvalue weighted by Gasteiger charge is 2.27. The number of nitrogens with two attached hydrogens (primary N) is 2. The van der Waals surface area contributed by atoms with E-state index in [4.69, 9.17) is 20.9 Å². The van der Waals surface area contributed by atoms with E-state index in [1.165, 1.54) is 73.1 Å². The quantitative estimate of drug-likeness (QED) is 0.0483. The summed E-state index contributed by atoms with van der Waals surface area (Å²) < 4.78 is 19.6. The molecule has 7 rings (SSSR count). The minimum Gasteiger partial charge on any atom is -0.491 e. The van der Waals surface area contributed by atoms with Gasteiger partial charge in [-0.05, 0) is 96.9 Å².